The van der Waals surface area contributed by atoms with Gasteiger partial charge in [0.15, 0.2) is 0 Å². The van der Waals surface area contributed by atoms with Gasteiger partial charge in [0.05, 0.1) is 5.92 Å². The van der Waals surface area contributed by atoms with Gasteiger partial charge in [0.2, 0.25) is 0 Å². The average molecular weight is 228 g/mol. The van der Waals surface area contributed by atoms with Crippen molar-refractivity contribution in [2.24, 2.45) is 11.8 Å². The maximum absolute atomic E-state index is 11.3. The van der Waals surface area contributed by atoms with Crippen LogP contribution < -0.4 is 0 Å². The molecule has 0 spiro atoms. The summed E-state index contributed by atoms with van der Waals surface area (Å²) in [6.45, 7) is 6.43. The van der Waals surface area contributed by atoms with Crippen LogP contribution in [0, 0.1) is 11.8 Å². The van der Waals surface area contributed by atoms with E-state index in [1.165, 1.54) is 0 Å². The molecule has 0 bridgehead atoms. The Morgan fingerprint density at radius 1 is 1.25 bits per heavy atom. The third-order valence-corrected chi connectivity index (χ3v) is 2.11. The summed E-state index contributed by atoms with van der Waals surface area (Å²) in [6, 6.07) is 0. The Kier molecular flexibility index (Phi) is 6.83. The van der Waals surface area contributed by atoms with Gasteiger partial charge in [0.25, 0.3) is 0 Å². The predicted molar refractivity (Wildman–Crippen MR) is 56.5 cm³/mol. The first-order valence-corrected chi connectivity index (χ1v) is 4.94. The number of carbonyl (C=O) groups is 3. The second kappa shape index (κ2) is 7.62. The molecule has 0 aromatic heterocycles. The van der Waals surface area contributed by atoms with Crippen LogP contribution in [-0.4, -0.2) is 31.4 Å². The summed E-state index contributed by atoms with van der Waals surface area (Å²) >= 11 is 0. The maximum Gasteiger partial charge on any atom is 0.330 e. The quantitative estimate of drug-likeness (QED) is 0.278. The maximum atomic E-state index is 11.3. The van der Waals surface area contributed by atoms with Crippen LogP contribution in [0.1, 0.15) is 13.8 Å². The molecule has 0 rings (SSSR count). The summed E-state index contributed by atoms with van der Waals surface area (Å²) in [6.07, 6.45) is 1.72. The van der Waals surface area contributed by atoms with Gasteiger partial charge in [0.1, 0.15) is 19.5 Å². The summed E-state index contributed by atoms with van der Waals surface area (Å²) in [4.78, 5) is 32.4. The first-order chi connectivity index (χ1) is 7.52. The van der Waals surface area contributed by atoms with Crippen molar-refractivity contribution in [3.8, 4) is 0 Å². The summed E-state index contributed by atoms with van der Waals surface area (Å²) < 4.78 is 9.42. The molecule has 0 aromatic carbocycles. The summed E-state index contributed by atoms with van der Waals surface area (Å²) in [5.41, 5.74) is 0. The van der Waals surface area contributed by atoms with E-state index in [0.717, 1.165) is 6.08 Å². The Balaban J connectivity index is 3.77. The number of esters is 2. The van der Waals surface area contributed by atoms with E-state index >= 15 is 0 Å². The number of hydrogen-bond acceptors (Lipinski definition) is 5. The molecule has 0 radical (unpaired) electrons. The Morgan fingerprint density at radius 2 is 1.81 bits per heavy atom. The first kappa shape index (κ1) is 14.3. The van der Waals surface area contributed by atoms with E-state index in [9.17, 15) is 14.4 Å². The van der Waals surface area contributed by atoms with Crippen LogP contribution >= 0.6 is 0 Å². The third-order valence-electron chi connectivity index (χ3n) is 2.11. The normalized spacial score (nSPS) is 13.4. The molecule has 0 amide bonds. The van der Waals surface area contributed by atoms with Crippen LogP contribution in [0.4, 0.5) is 0 Å². The van der Waals surface area contributed by atoms with Crippen molar-refractivity contribution in [3.63, 3.8) is 0 Å². The average Bonchev–Trinajstić information content (AvgIpc) is 2.31. The van der Waals surface area contributed by atoms with E-state index < -0.39 is 17.9 Å². The molecule has 0 N–H and O–H groups in total. The predicted octanol–water partition coefficient (Wildman–Crippen LogP) is 0.730. The van der Waals surface area contributed by atoms with Crippen LogP contribution in [0.5, 0.6) is 0 Å². The lowest BCUT2D eigenvalue weighted by atomic mass is 9.98. The molecular formula is C11H16O5. The van der Waals surface area contributed by atoms with Crippen molar-refractivity contribution in [2.45, 2.75) is 13.8 Å². The van der Waals surface area contributed by atoms with Gasteiger partial charge >= 0.3 is 11.9 Å². The van der Waals surface area contributed by atoms with Gasteiger partial charge in [0, 0.05) is 12.0 Å². The monoisotopic (exact) mass is 228 g/mol. The standard InChI is InChI=1S/C11H16O5/c1-4-10(13)15-5-6-16-11(14)9(3)8(2)7-12/h4,7-9H,1,5-6H2,2-3H3. The van der Waals surface area contributed by atoms with Crippen LogP contribution in [0.25, 0.3) is 0 Å². The van der Waals surface area contributed by atoms with Crippen LogP contribution in [0.3, 0.4) is 0 Å². The fourth-order valence-corrected chi connectivity index (χ4v) is 0.807. The zero-order valence-electron chi connectivity index (χ0n) is 9.47. The summed E-state index contributed by atoms with van der Waals surface area (Å²) in [5, 5.41) is 0. The first-order valence-electron chi connectivity index (χ1n) is 4.94. The van der Waals surface area contributed by atoms with Gasteiger partial charge < -0.3 is 14.3 Å². The highest BCUT2D eigenvalue weighted by atomic mass is 16.6. The molecule has 5 heteroatoms. The van der Waals surface area contributed by atoms with Crippen LogP contribution in [-0.2, 0) is 23.9 Å². The topological polar surface area (TPSA) is 69.7 Å². The lowest BCUT2D eigenvalue weighted by molar-refractivity contribution is -0.154. The van der Waals surface area contributed by atoms with Crippen LogP contribution in [0.15, 0.2) is 12.7 Å². The molecule has 0 saturated carbocycles. The van der Waals surface area contributed by atoms with E-state index in [4.69, 9.17) is 4.74 Å². The zero-order chi connectivity index (χ0) is 12.6. The minimum atomic E-state index is -0.564. The summed E-state index contributed by atoms with van der Waals surface area (Å²) in [7, 11) is 0. The second-order valence-corrected chi connectivity index (χ2v) is 3.32. The molecule has 2 atom stereocenters. The summed E-state index contributed by atoms with van der Waals surface area (Å²) in [5.74, 6) is -1.92. The van der Waals surface area contributed by atoms with E-state index in [1.54, 1.807) is 13.8 Å². The van der Waals surface area contributed by atoms with Crippen molar-refractivity contribution in [1.29, 1.82) is 0 Å². The molecule has 0 saturated heterocycles. The number of ether oxygens (including phenoxy) is 2. The number of aldehydes is 1. The Hall–Kier alpha value is -1.65. The van der Waals surface area contributed by atoms with Crippen molar-refractivity contribution < 1.29 is 23.9 Å². The number of carbonyl (C=O) groups excluding carboxylic acids is 3. The van der Waals surface area contributed by atoms with Crippen molar-refractivity contribution in [3.05, 3.63) is 12.7 Å². The molecule has 0 fully saturated rings. The number of hydrogen-bond donors (Lipinski definition) is 0. The fraction of sp³-hybridized carbons (Fsp3) is 0.545. The molecule has 0 aliphatic heterocycles. The zero-order valence-corrected chi connectivity index (χ0v) is 9.47. The van der Waals surface area contributed by atoms with E-state index in [-0.39, 0.29) is 19.1 Å². The Morgan fingerprint density at radius 3 is 2.31 bits per heavy atom. The highest BCUT2D eigenvalue weighted by molar-refractivity contribution is 5.81. The van der Waals surface area contributed by atoms with Gasteiger partial charge in [-0.1, -0.05) is 20.4 Å². The lowest BCUT2D eigenvalue weighted by Crippen LogP contribution is -2.24. The van der Waals surface area contributed by atoms with Crippen LogP contribution in [0.2, 0.25) is 0 Å². The van der Waals surface area contributed by atoms with E-state index in [2.05, 4.69) is 11.3 Å². The molecule has 0 aromatic rings. The highest BCUT2D eigenvalue weighted by Gasteiger charge is 2.20. The largest absolute Gasteiger partial charge is 0.462 e. The van der Waals surface area contributed by atoms with Crippen molar-refractivity contribution in [2.75, 3.05) is 13.2 Å². The SMILES string of the molecule is C=CC(=O)OCCOC(=O)C(C)C(C)C=O. The molecular weight excluding hydrogens is 212 g/mol. The van der Waals surface area contributed by atoms with E-state index in [0.29, 0.717) is 6.29 Å². The Labute approximate surface area is 94.4 Å². The molecule has 5 nitrogen and oxygen atoms in total. The van der Waals surface area contributed by atoms with Crippen molar-refractivity contribution in [1.82, 2.24) is 0 Å². The van der Waals surface area contributed by atoms with Gasteiger partial charge in [-0.2, -0.15) is 0 Å². The fourth-order valence-electron chi connectivity index (χ4n) is 0.807. The Bertz CT molecular complexity index is 272. The lowest BCUT2D eigenvalue weighted by Gasteiger charge is -2.13. The minimum Gasteiger partial charge on any atom is -0.462 e. The van der Waals surface area contributed by atoms with Gasteiger partial charge in [-0.05, 0) is 0 Å². The van der Waals surface area contributed by atoms with E-state index in [1.807, 2.05) is 0 Å². The van der Waals surface area contributed by atoms with Gasteiger partial charge in [-0.15, -0.1) is 0 Å². The van der Waals surface area contributed by atoms with Gasteiger partial charge in [-0.25, -0.2) is 4.79 Å². The smallest absolute Gasteiger partial charge is 0.330 e. The molecule has 90 valence electrons. The molecule has 0 aliphatic rings. The molecule has 2 unspecified atom stereocenters. The minimum absolute atomic E-state index is 0.0151. The highest BCUT2D eigenvalue weighted by Crippen LogP contribution is 2.09. The third kappa shape index (κ3) is 5.29. The molecule has 0 heterocycles. The molecule has 16 heavy (non-hydrogen) atoms. The van der Waals surface area contributed by atoms with Crippen molar-refractivity contribution >= 4 is 18.2 Å². The molecule has 0 aliphatic carbocycles. The second-order valence-electron chi connectivity index (χ2n) is 3.32. The number of rotatable bonds is 7. The van der Waals surface area contributed by atoms with Gasteiger partial charge in [-0.3, -0.25) is 4.79 Å².